The first-order valence-corrected chi connectivity index (χ1v) is 8.54. The molecule has 4 nitrogen and oxygen atoms in total. The van der Waals surface area contributed by atoms with Gasteiger partial charge in [0.2, 0.25) is 0 Å². The predicted octanol–water partition coefficient (Wildman–Crippen LogP) is 3.73. The van der Waals surface area contributed by atoms with Gasteiger partial charge in [-0.15, -0.1) is 11.3 Å². The molecule has 1 aliphatic rings. The van der Waals surface area contributed by atoms with Gasteiger partial charge < -0.3 is 4.90 Å². The number of likely N-dealkylation sites (tertiary alicyclic amines) is 1. The van der Waals surface area contributed by atoms with Gasteiger partial charge in [0.15, 0.2) is 4.80 Å². The van der Waals surface area contributed by atoms with Crippen LogP contribution in [0.1, 0.15) is 17.7 Å². The number of amides is 2. The Morgan fingerprint density at radius 1 is 1.29 bits per heavy atom. The number of rotatable bonds is 1. The number of aryl methyl sites for hydroxylation is 1. The van der Waals surface area contributed by atoms with Gasteiger partial charge >= 0.3 is 6.03 Å². The Hall–Kier alpha value is -1.40. The Kier molecular flexibility index (Phi) is 4.26. The van der Waals surface area contributed by atoms with Crippen molar-refractivity contribution in [2.24, 2.45) is 4.99 Å². The first kappa shape index (κ1) is 14.5. The first-order valence-electron chi connectivity index (χ1n) is 6.93. The number of carbonyl (C=O) groups excluding carboxylic acids is 1. The van der Waals surface area contributed by atoms with Crippen LogP contribution in [0, 0.1) is 6.92 Å². The summed E-state index contributed by atoms with van der Waals surface area (Å²) in [7, 11) is 0. The van der Waals surface area contributed by atoms with Crippen LogP contribution >= 0.6 is 27.3 Å². The van der Waals surface area contributed by atoms with Crippen molar-refractivity contribution in [1.82, 2.24) is 9.47 Å². The highest BCUT2D eigenvalue weighted by Gasteiger charge is 2.17. The highest BCUT2D eigenvalue weighted by Crippen LogP contribution is 2.20. The molecule has 0 bridgehead atoms. The summed E-state index contributed by atoms with van der Waals surface area (Å²) in [5.41, 5.74) is 0.995. The van der Waals surface area contributed by atoms with Crippen LogP contribution in [0.15, 0.2) is 39.9 Å². The lowest BCUT2D eigenvalue weighted by atomic mass is 10.3. The van der Waals surface area contributed by atoms with E-state index >= 15 is 0 Å². The summed E-state index contributed by atoms with van der Waals surface area (Å²) < 4.78 is 2.95. The average Bonchev–Trinajstić information content (AvgIpc) is 3.09. The molecule has 1 fully saturated rings. The number of halogens is 1. The molecular formula is C15H16BrN3OS. The first-order chi connectivity index (χ1) is 10.1. The molecule has 0 unspecified atom stereocenters. The Morgan fingerprint density at radius 2 is 2.00 bits per heavy atom. The van der Waals surface area contributed by atoms with Gasteiger partial charge in [0.1, 0.15) is 0 Å². The molecule has 0 radical (unpaired) electrons. The zero-order valence-corrected chi connectivity index (χ0v) is 14.2. The molecule has 0 spiro atoms. The summed E-state index contributed by atoms with van der Waals surface area (Å²) >= 11 is 5.09. The van der Waals surface area contributed by atoms with Crippen LogP contribution in [-0.2, 0) is 0 Å². The minimum absolute atomic E-state index is 0.129. The van der Waals surface area contributed by atoms with E-state index in [-0.39, 0.29) is 6.03 Å². The Balaban J connectivity index is 2.04. The molecule has 1 aromatic heterocycles. The number of hydrogen-bond acceptors (Lipinski definition) is 2. The van der Waals surface area contributed by atoms with Gasteiger partial charge in [-0.25, -0.2) is 4.79 Å². The van der Waals surface area contributed by atoms with E-state index in [4.69, 9.17) is 0 Å². The maximum absolute atomic E-state index is 12.2. The minimum atomic E-state index is -0.129. The zero-order chi connectivity index (χ0) is 14.8. The summed E-state index contributed by atoms with van der Waals surface area (Å²) in [4.78, 5) is 20.2. The molecule has 0 N–H and O–H groups in total. The lowest BCUT2D eigenvalue weighted by Crippen LogP contribution is -2.27. The van der Waals surface area contributed by atoms with E-state index in [2.05, 4.69) is 20.9 Å². The number of urea groups is 1. The number of para-hydroxylation sites is 1. The molecule has 2 heterocycles. The zero-order valence-electron chi connectivity index (χ0n) is 11.8. The van der Waals surface area contributed by atoms with Gasteiger partial charge in [-0.3, -0.25) is 4.57 Å². The monoisotopic (exact) mass is 365 g/mol. The van der Waals surface area contributed by atoms with Gasteiger partial charge in [-0.2, -0.15) is 4.99 Å². The maximum Gasteiger partial charge on any atom is 0.346 e. The molecule has 6 heteroatoms. The van der Waals surface area contributed by atoms with Crippen LogP contribution in [0.2, 0.25) is 0 Å². The Labute approximate surface area is 135 Å². The number of aromatic nitrogens is 1. The predicted molar refractivity (Wildman–Crippen MR) is 87.8 cm³/mol. The van der Waals surface area contributed by atoms with Crippen molar-refractivity contribution in [3.63, 3.8) is 0 Å². The van der Waals surface area contributed by atoms with Crippen molar-refractivity contribution in [1.29, 1.82) is 0 Å². The largest absolute Gasteiger partial charge is 0.346 e. The van der Waals surface area contributed by atoms with E-state index in [1.54, 1.807) is 0 Å². The molecule has 2 aromatic rings. The molecule has 1 saturated heterocycles. The van der Waals surface area contributed by atoms with Crippen LogP contribution in [0.3, 0.4) is 0 Å². The second kappa shape index (κ2) is 6.15. The highest BCUT2D eigenvalue weighted by molar-refractivity contribution is 9.10. The summed E-state index contributed by atoms with van der Waals surface area (Å²) in [6.45, 7) is 3.67. The fourth-order valence-corrected chi connectivity index (χ4v) is 3.71. The van der Waals surface area contributed by atoms with Gasteiger partial charge in [-0.1, -0.05) is 12.1 Å². The second-order valence-corrected chi connectivity index (χ2v) is 7.10. The Morgan fingerprint density at radius 3 is 2.71 bits per heavy atom. The Bertz CT molecular complexity index is 729. The third-order valence-corrected chi connectivity index (χ3v) is 5.02. The van der Waals surface area contributed by atoms with Gasteiger partial charge in [0.05, 0.1) is 5.69 Å². The number of thiazole rings is 1. The van der Waals surface area contributed by atoms with Gasteiger partial charge in [0.25, 0.3) is 0 Å². The summed E-state index contributed by atoms with van der Waals surface area (Å²) in [6.07, 6.45) is 4.17. The molecular weight excluding hydrogens is 350 g/mol. The molecule has 2 amide bonds. The van der Waals surface area contributed by atoms with E-state index in [1.807, 2.05) is 46.9 Å². The van der Waals surface area contributed by atoms with E-state index in [9.17, 15) is 4.79 Å². The van der Waals surface area contributed by atoms with Gasteiger partial charge in [-0.05, 0) is 47.8 Å². The van der Waals surface area contributed by atoms with Crippen molar-refractivity contribution in [2.45, 2.75) is 19.8 Å². The molecule has 3 rings (SSSR count). The molecule has 21 heavy (non-hydrogen) atoms. The summed E-state index contributed by atoms with van der Waals surface area (Å²) in [6, 6.07) is 7.82. The van der Waals surface area contributed by atoms with Crippen molar-refractivity contribution < 1.29 is 4.79 Å². The third kappa shape index (κ3) is 3.11. The fraction of sp³-hybridized carbons (Fsp3) is 0.333. The number of benzene rings is 1. The van der Waals surface area contributed by atoms with Crippen LogP contribution < -0.4 is 4.80 Å². The molecule has 0 atom stereocenters. The van der Waals surface area contributed by atoms with Crippen LogP contribution in [-0.4, -0.2) is 28.6 Å². The lowest BCUT2D eigenvalue weighted by molar-refractivity contribution is 0.218. The van der Waals surface area contributed by atoms with E-state index in [1.165, 1.54) is 11.3 Å². The SMILES string of the molecule is Cc1cn(-c2ccccc2Br)/c(=N/C(=O)N2CCCC2)s1. The number of nitrogens with zero attached hydrogens (tertiary/aromatic N) is 3. The standard InChI is InChI=1S/C15H16BrN3OS/c1-11-10-19(13-7-3-2-6-12(13)16)15(21-11)17-14(20)18-8-4-5-9-18/h2-3,6-7,10H,4-5,8-9H2,1H3/b17-15-. The third-order valence-electron chi connectivity index (χ3n) is 3.45. The van der Waals surface area contributed by atoms with Crippen molar-refractivity contribution in [3.05, 3.63) is 44.6 Å². The normalized spacial score (nSPS) is 15.7. The van der Waals surface area contributed by atoms with E-state index < -0.39 is 0 Å². The van der Waals surface area contributed by atoms with Crippen molar-refractivity contribution in [3.8, 4) is 5.69 Å². The molecule has 1 aromatic carbocycles. The minimum Gasteiger partial charge on any atom is -0.323 e. The number of carbonyl (C=O) groups is 1. The van der Waals surface area contributed by atoms with Crippen LogP contribution in [0.25, 0.3) is 5.69 Å². The fourth-order valence-electron chi connectivity index (χ4n) is 2.41. The summed E-state index contributed by atoms with van der Waals surface area (Å²) in [5.74, 6) is 0. The second-order valence-electron chi connectivity index (χ2n) is 5.03. The van der Waals surface area contributed by atoms with Gasteiger partial charge in [0, 0.05) is 28.6 Å². The molecule has 0 aliphatic carbocycles. The summed E-state index contributed by atoms with van der Waals surface area (Å²) in [5, 5.41) is 0. The van der Waals surface area contributed by atoms with Crippen molar-refractivity contribution in [2.75, 3.05) is 13.1 Å². The van der Waals surface area contributed by atoms with E-state index in [0.717, 1.165) is 45.8 Å². The topological polar surface area (TPSA) is 37.6 Å². The van der Waals surface area contributed by atoms with Crippen molar-refractivity contribution >= 4 is 33.3 Å². The maximum atomic E-state index is 12.2. The highest BCUT2D eigenvalue weighted by atomic mass is 79.9. The average molecular weight is 366 g/mol. The number of hydrogen-bond donors (Lipinski definition) is 0. The smallest absolute Gasteiger partial charge is 0.323 e. The van der Waals surface area contributed by atoms with Crippen LogP contribution in [0.5, 0.6) is 0 Å². The quantitative estimate of drug-likeness (QED) is 0.758. The molecule has 110 valence electrons. The van der Waals surface area contributed by atoms with E-state index in [0.29, 0.717) is 0 Å². The molecule has 1 aliphatic heterocycles. The molecule has 0 saturated carbocycles. The van der Waals surface area contributed by atoms with Crippen LogP contribution in [0.4, 0.5) is 4.79 Å². The lowest BCUT2D eigenvalue weighted by Gasteiger charge is -2.11.